The highest BCUT2D eigenvalue weighted by Gasteiger charge is 2.07. The summed E-state index contributed by atoms with van der Waals surface area (Å²) < 4.78 is 2.95. The molecule has 0 radical (unpaired) electrons. The maximum absolute atomic E-state index is 11.9. The van der Waals surface area contributed by atoms with Crippen LogP contribution in [-0.2, 0) is 11.3 Å². The van der Waals surface area contributed by atoms with E-state index in [1.165, 1.54) is 11.3 Å². The number of amides is 1. The van der Waals surface area contributed by atoms with Crippen molar-refractivity contribution in [3.8, 4) is 0 Å². The number of carbonyl (C=O) groups is 1. The first-order chi connectivity index (χ1) is 9.22. The van der Waals surface area contributed by atoms with E-state index in [1.807, 2.05) is 40.4 Å². The zero-order valence-electron chi connectivity index (χ0n) is 9.84. The Hall–Kier alpha value is -1.66. The molecule has 1 aromatic carbocycles. The average Bonchev–Trinajstić information content (AvgIpc) is 2.99. The van der Waals surface area contributed by atoms with Crippen molar-refractivity contribution < 1.29 is 4.79 Å². The Balaban J connectivity index is 1.79. The molecule has 4 nitrogen and oxygen atoms in total. The Morgan fingerprint density at radius 3 is 3.11 bits per heavy atom. The maximum atomic E-state index is 11.9. The number of anilines is 1. The van der Waals surface area contributed by atoms with E-state index in [0.717, 1.165) is 15.4 Å². The minimum absolute atomic E-state index is 0.0737. The van der Waals surface area contributed by atoms with Crippen LogP contribution in [0.25, 0.3) is 10.9 Å². The predicted molar refractivity (Wildman–Crippen MR) is 80.4 cm³/mol. The fraction of sp³-hybridized carbons (Fsp3) is 0.0769. The third-order valence-electron chi connectivity index (χ3n) is 2.73. The fourth-order valence-electron chi connectivity index (χ4n) is 1.91. The van der Waals surface area contributed by atoms with Crippen molar-refractivity contribution in [2.24, 2.45) is 0 Å². The van der Waals surface area contributed by atoms with Gasteiger partial charge < -0.3 is 9.88 Å². The molecule has 1 N–H and O–H groups in total. The number of benzene rings is 1. The highest BCUT2D eigenvalue weighted by Crippen LogP contribution is 2.21. The van der Waals surface area contributed by atoms with Crippen LogP contribution < -0.4 is 5.32 Å². The molecule has 96 valence electrons. The van der Waals surface area contributed by atoms with Crippen molar-refractivity contribution in [1.29, 1.82) is 0 Å². The maximum Gasteiger partial charge on any atom is 0.246 e. The molecular weight excluding hydrogens is 326 g/mol. The quantitative estimate of drug-likeness (QED) is 0.796. The smallest absolute Gasteiger partial charge is 0.246 e. The van der Waals surface area contributed by atoms with Crippen LogP contribution in [0.2, 0.25) is 0 Å². The number of thiazole rings is 1. The standard InChI is InChI=1S/C13H10BrN3OS/c14-10-1-2-11-9(7-10)3-5-17(11)8-12(18)16-13-15-4-6-19-13/h1-7H,8H2,(H,15,16,18). The third-order valence-corrected chi connectivity index (χ3v) is 3.91. The van der Waals surface area contributed by atoms with E-state index in [2.05, 4.69) is 26.2 Å². The van der Waals surface area contributed by atoms with Gasteiger partial charge in [0.1, 0.15) is 6.54 Å². The lowest BCUT2D eigenvalue weighted by Gasteiger charge is -2.05. The van der Waals surface area contributed by atoms with Gasteiger partial charge in [0.2, 0.25) is 5.91 Å². The molecule has 0 atom stereocenters. The molecule has 0 saturated carbocycles. The van der Waals surface area contributed by atoms with E-state index in [9.17, 15) is 4.79 Å². The fourth-order valence-corrected chi connectivity index (χ4v) is 2.83. The molecule has 2 aromatic heterocycles. The van der Waals surface area contributed by atoms with Crippen LogP contribution in [0.4, 0.5) is 5.13 Å². The second-order valence-electron chi connectivity index (χ2n) is 4.03. The molecule has 0 fully saturated rings. The molecule has 3 rings (SSSR count). The molecule has 19 heavy (non-hydrogen) atoms. The monoisotopic (exact) mass is 335 g/mol. The summed E-state index contributed by atoms with van der Waals surface area (Å²) >= 11 is 4.85. The van der Waals surface area contributed by atoms with Crippen molar-refractivity contribution in [1.82, 2.24) is 9.55 Å². The highest BCUT2D eigenvalue weighted by atomic mass is 79.9. The lowest BCUT2D eigenvalue weighted by molar-refractivity contribution is -0.116. The summed E-state index contributed by atoms with van der Waals surface area (Å²) in [5.41, 5.74) is 1.04. The summed E-state index contributed by atoms with van der Waals surface area (Å²) in [6.07, 6.45) is 3.58. The van der Waals surface area contributed by atoms with Gasteiger partial charge in [-0.25, -0.2) is 4.98 Å². The van der Waals surface area contributed by atoms with E-state index in [1.54, 1.807) is 6.20 Å². The second-order valence-corrected chi connectivity index (χ2v) is 5.84. The molecule has 3 aromatic rings. The van der Waals surface area contributed by atoms with Crippen LogP contribution in [0, 0.1) is 0 Å². The minimum atomic E-state index is -0.0737. The minimum Gasteiger partial charge on any atom is -0.338 e. The number of halogens is 1. The van der Waals surface area contributed by atoms with Crippen molar-refractivity contribution in [2.75, 3.05) is 5.32 Å². The Labute approximate surface area is 122 Å². The Morgan fingerprint density at radius 2 is 2.32 bits per heavy atom. The Morgan fingerprint density at radius 1 is 1.42 bits per heavy atom. The van der Waals surface area contributed by atoms with Gasteiger partial charge in [0.15, 0.2) is 5.13 Å². The van der Waals surface area contributed by atoms with E-state index < -0.39 is 0 Å². The molecule has 0 unspecified atom stereocenters. The van der Waals surface area contributed by atoms with Gasteiger partial charge in [-0.05, 0) is 24.3 Å². The van der Waals surface area contributed by atoms with Crippen molar-refractivity contribution in [3.63, 3.8) is 0 Å². The van der Waals surface area contributed by atoms with Gasteiger partial charge in [-0.2, -0.15) is 0 Å². The normalized spacial score (nSPS) is 10.8. The van der Waals surface area contributed by atoms with E-state index in [4.69, 9.17) is 0 Å². The molecule has 1 amide bonds. The van der Waals surface area contributed by atoms with Crippen molar-refractivity contribution in [3.05, 3.63) is 46.5 Å². The average molecular weight is 336 g/mol. The lowest BCUT2D eigenvalue weighted by Crippen LogP contribution is -2.17. The number of nitrogens with one attached hydrogen (secondary N) is 1. The van der Waals surface area contributed by atoms with Crippen LogP contribution >= 0.6 is 27.3 Å². The first-order valence-corrected chi connectivity index (χ1v) is 7.33. The number of rotatable bonds is 3. The largest absolute Gasteiger partial charge is 0.338 e. The summed E-state index contributed by atoms with van der Waals surface area (Å²) in [6.45, 7) is 0.282. The molecule has 0 aliphatic carbocycles. The summed E-state index contributed by atoms with van der Waals surface area (Å²) in [7, 11) is 0. The van der Waals surface area contributed by atoms with E-state index in [0.29, 0.717) is 5.13 Å². The first kappa shape index (κ1) is 12.4. The molecule has 0 aliphatic heterocycles. The zero-order valence-corrected chi connectivity index (χ0v) is 12.2. The molecule has 0 spiro atoms. The molecule has 0 saturated heterocycles. The highest BCUT2D eigenvalue weighted by molar-refractivity contribution is 9.10. The van der Waals surface area contributed by atoms with Crippen LogP contribution in [0.1, 0.15) is 0 Å². The van der Waals surface area contributed by atoms with E-state index >= 15 is 0 Å². The van der Waals surface area contributed by atoms with Crippen LogP contribution in [0.3, 0.4) is 0 Å². The summed E-state index contributed by atoms with van der Waals surface area (Å²) in [5, 5.41) is 6.34. The van der Waals surface area contributed by atoms with Gasteiger partial charge in [0.05, 0.1) is 0 Å². The predicted octanol–water partition coefficient (Wildman–Crippen LogP) is 3.50. The topological polar surface area (TPSA) is 46.9 Å². The summed E-state index contributed by atoms with van der Waals surface area (Å²) in [4.78, 5) is 15.9. The van der Waals surface area contributed by atoms with Gasteiger partial charge in [-0.15, -0.1) is 11.3 Å². The third kappa shape index (κ3) is 2.69. The van der Waals surface area contributed by atoms with Gasteiger partial charge in [0.25, 0.3) is 0 Å². The van der Waals surface area contributed by atoms with Gasteiger partial charge >= 0.3 is 0 Å². The second kappa shape index (κ2) is 5.14. The van der Waals surface area contributed by atoms with E-state index in [-0.39, 0.29) is 12.5 Å². The summed E-state index contributed by atoms with van der Waals surface area (Å²) in [5.74, 6) is -0.0737. The number of carbonyl (C=O) groups excluding carboxylic acids is 1. The molecular formula is C13H10BrN3OS. The van der Waals surface area contributed by atoms with Crippen molar-refractivity contribution in [2.45, 2.75) is 6.54 Å². The number of hydrogen-bond donors (Lipinski definition) is 1. The van der Waals surface area contributed by atoms with Crippen LogP contribution in [-0.4, -0.2) is 15.5 Å². The molecule has 6 heteroatoms. The molecule has 2 heterocycles. The SMILES string of the molecule is O=C(Cn1ccc2cc(Br)ccc21)Nc1nccs1. The lowest BCUT2D eigenvalue weighted by atomic mass is 10.2. The van der Waals surface area contributed by atoms with Crippen molar-refractivity contribution >= 4 is 49.2 Å². The zero-order chi connectivity index (χ0) is 13.2. The number of fused-ring (bicyclic) bond motifs is 1. The molecule has 0 aliphatic rings. The Bertz CT molecular complexity index is 721. The van der Waals surface area contributed by atoms with Crippen LogP contribution in [0.5, 0.6) is 0 Å². The number of hydrogen-bond acceptors (Lipinski definition) is 3. The number of aromatic nitrogens is 2. The number of nitrogens with zero attached hydrogens (tertiary/aromatic N) is 2. The first-order valence-electron chi connectivity index (χ1n) is 5.66. The Kier molecular flexibility index (Phi) is 3.35. The van der Waals surface area contributed by atoms with Crippen LogP contribution in [0.15, 0.2) is 46.5 Å². The van der Waals surface area contributed by atoms with Gasteiger partial charge in [-0.1, -0.05) is 15.9 Å². The van der Waals surface area contributed by atoms with Gasteiger partial charge in [0, 0.05) is 33.1 Å². The van der Waals surface area contributed by atoms with Gasteiger partial charge in [-0.3, -0.25) is 4.79 Å². The molecule has 0 bridgehead atoms. The summed E-state index contributed by atoms with van der Waals surface area (Å²) in [6, 6.07) is 8.00.